The van der Waals surface area contributed by atoms with Gasteiger partial charge in [-0.3, -0.25) is 19.5 Å². The minimum Gasteiger partial charge on any atom is -0.342 e. The van der Waals surface area contributed by atoms with Gasteiger partial charge in [-0.05, 0) is 30.0 Å². The largest absolute Gasteiger partial charge is 0.342 e. The molecule has 7 heteroatoms. The summed E-state index contributed by atoms with van der Waals surface area (Å²) in [7, 11) is 0. The molecule has 0 radical (unpaired) electrons. The second-order valence-corrected chi connectivity index (χ2v) is 8.69. The van der Waals surface area contributed by atoms with E-state index in [0.29, 0.717) is 38.3 Å². The normalized spacial score (nSPS) is 18.5. The van der Waals surface area contributed by atoms with E-state index in [0.717, 1.165) is 41.9 Å². The summed E-state index contributed by atoms with van der Waals surface area (Å²) >= 11 is 0. The number of amides is 1. The Kier molecular flexibility index (Phi) is 5.81. The van der Waals surface area contributed by atoms with Crippen molar-refractivity contribution in [3.8, 4) is 0 Å². The first kappa shape index (κ1) is 20.6. The quantitative estimate of drug-likeness (QED) is 0.673. The molecule has 4 heterocycles. The third-order valence-corrected chi connectivity index (χ3v) is 6.43. The van der Waals surface area contributed by atoms with Gasteiger partial charge in [0.2, 0.25) is 5.91 Å². The van der Waals surface area contributed by atoms with Crippen LogP contribution in [-0.2, 0) is 30.7 Å². The Bertz CT molecular complexity index is 1150. The fraction of sp³-hybridized carbons (Fsp3) is 0.360. The fourth-order valence-corrected chi connectivity index (χ4v) is 4.68. The minimum absolute atomic E-state index is 0.0277. The van der Waals surface area contributed by atoms with Gasteiger partial charge in [0.15, 0.2) is 0 Å². The third kappa shape index (κ3) is 4.48. The maximum atomic E-state index is 12.8. The highest BCUT2D eigenvalue weighted by atomic mass is 16.2. The number of nitrogens with one attached hydrogen (secondary N) is 1. The van der Waals surface area contributed by atoms with Gasteiger partial charge < -0.3 is 9.88 Å². The molecule has 1 N–H and O–H groups in total. The van der Waals surface area contributed by atoms with E-state index in [1.54, 1.807) is 6.20 Å². The lowest BCUT2D eigenvalue weighted by atomic mass is 10.0. The molecule has 5 rings (SSSR count). The van der Waals surface area contributed by atoms with Crippen LogP contribution in [0.25, 0.3) is 0 Å². The number of H-pyrrole nitrogens is 1. The monoisotopic (exact) mass is 429 g/mol. The predicted octanol–water partition coefficient (Wildman–Crippen LogP) is 2.28. The van der Waals surface area contributed by atoms with E-state index in [4.69, 9.17) is 4.98 Å². The summed E-state index contributed by atoms with van der Waals surface area (Å²) in [5, 5.41) is 0. The Morgan fingerprint density at radius 1 is 1.09 bits per heavy atom. The first-order chi connectivity index (χ1) is 15.7. The van der Waals surface area contributed by atoms with Gasteiger partial charge in [-0.15, -0.1) is 0 Å². The van der Waals surface area contributed by atoms with Crippen LogP contribution < -0.4 is 5.56 Å². The first-order valence-corrected chi connectivity index (χ1v) is 11.2. The Labute approximate surface area is 187 Å². The Morgan fingerprint density at radius 2 is 1.94 bits per heavy atom. The van der Waals surface area contributed by atoms with Crippen molar-refractivity contribution in [3.05, 3.63) is 93.4 Å². The van der Waals surface area contributed by atoms with Crippen molar-refractivity contribution in [2.45, 2.75) is 38.3 Å². The number of nitrogens with zero attached hydrogens (tertiary/aromatic N) is 4. The third-order valence-electron chi connectivity index (χ3n) is 6.43. The average molecular weight is 430 g/mol. The van der Waals surface area contributed by atoms with Gasteiger partial charge in [0.05, 0.1) is 12.1 Å². The number of rotatable bonds is 5. The lowest BCUT2D eigenvalue weighted by Gasteiger charge is -2.28. The van der Waals surface area contributed by atoms with Gasteiger partial charge >= 0.3 is 0 Å². The summed E-state index contributed by atoms with van der Waals surface area (Å²) in [6.45, 7) is 3.58. The van der Waals surface area contributed by atoms with Crippen LogP contribution in [0.4, 0.5) is 0 Å². The van der Waals surface area contributed by atoms with E-state index in [1.165, 1.54) is 0 Å². The number of aromatic nitrogens is 3. The molecule has 3 aromatic rings. The van der Waals surface area contributed by atoms with E-state index < -0.39 is 0 Å². The molecule has 1 saturated heterocycles. The summed E-state index contributed by atoms with van der Waals surface area (Å²) in [6.07, 6.45) is 5.58. The second-order valence-electron chi connectivity index (χ2n) is 8.69. The number of carbonyl (C=O) groups excluding carboxylic acids is 1. The molecule has 2 aliphatic heterocycles. The summed E-state index contributed by atoms with van der Waals surface area (Å²) < 4.78 is 0. The number of benzene rings is 1. The van der Waals surface area contributed by atoms with Crippen molar-refractivity contribution >= 4 is 5.91 Å². The van der Waals surface area contributed by atoms with Crippen LogP contribution >= 0.6 is 0 Å². The lowest BCUT2D eigenvalue weighted by molar-refractivity contribution is -0.129. The van der Waals surface area contributed by atoms with E-state index >= 15 is 0 Å². The summed E-state index contributed by atoms with van der Waals surface area (Å²) in [6, 6.07) is 13.8. The molecule has 0 bridgehead atoms. The molecule has 2 aliphatic rings. The van der Waals surface area contributed by atoms with E-state index in [9.17, 15) is 9.59 Å². The molecule has 164 valence electrons. The van der Waals surface area contributed by atoms with Crippen LogP contribution in [0, 0.1) is 0 Å². The van der Waals surface area contributed by atoms with Gasteiger partial charge in [0.25, 0.3) is 5.56 Å². The molecule has 1 atom stereocenters. The molecular weight excluding hydrogens is 402 g/mol. The standard InChI is InChI=1S/C25H27N5O2/c31-23(13-18-5-2-1-3-6-18)30-12-8-20(16-30)24-27-22-17-29(11-9-21(22)25(32)28-24)15-19-7-4-10-26-14-19/h1-7,10,14,20H,8-9,11-13,15-17H2,(H,27,28,32). The van der Waals surface area contributed by atoms with Crippen LogP contribution in [0.1, 0.15) is 40.5 Å². The van der Waals surface area contributed by atoms with Crippen molar-refractivity contribution in [1.29, 1.82) is 0 Å². The molecule has 7 nitrogen and oxygen atoms in total. The van der Waals surface area contributed by atoms with Crippen molar-refractivity contribution in [2.75, 3.05) is 19.6 Å². The molecule has 0 aliphatic carbocycles. The zero-order chi connectivity index (χ0) is 21.9. The van der Waals surface area contributed by atoms with Crippen molar-refractivity contribution in [3.63, 3.8) is 0 Å². The van der Waals surface area contributed by atoms with Crippen LogP contribution in [0.5, 0.6) is 0 Å². The lowest BCUT2D eigenvalue weighted by Crippen LogP contribution is -2.36. The number of carbonyl (C=O) groups is 1. The predicted molar refractivity (Wildman–Crippen MR) is 121 cm³/mol. The van der Waals surface area contributed by atoms with Gasteiger partial charge in [0, 0.05) is 56.6 Å². The van der Waals surface area contributed by atoms with Crippen LogP contribution in [0.2, 0.25) is 0 Å². The fourth-order valence-electron chi connectivity index (χ4n) is 4.68. The maximum Gasteiger partial charge on any atom is 0.254 e. The van der Waals surface area contributed by atoms with Gasteiger partial charge in [-0.1, -0.05) is 36.4 Å². The highest BCUT2D eigenvalue weighted by Gasteiger charge is 2.30. The van der Waals surface area contributed by atoms with Crippen molar-refractivity contribution in [2.24, 2.45) is 0 Å². The number of pyridine rings is 1. The van der Waals surface area contributed by atoms with Crippen LogP contribution in [-0.4, -0.2) is 50.3 Å². The Hall–Kier alpha value is -3.32. The molecule has 1 aromatic carbocycles. The van der Waals surface area contributed by atoms with Crippen molar-refractivity contribution in [1.82, 2.24) is 24.8 Å². The first-order valence-electron chi connectivity index (χ1n) is 11.2. The van der Waals surface area contributed by atoms with Crippen LogP contribution in [0.3, 0.4) is 0 Å². The van der Waals surface area contributed by atoms with E-state index in [2.05, 4.69) is 20.9 Å². The molecule has 1 fully saturated rings. The molecular formula is C25H27N5O2. The van der Waals surface area contributed by atoms with Crippen LogP contribution in [0.15, 0.2) is 59.7 Å². The average Bonchev–Trinajstić information content (AvgIpc) is 3.31. The highest BCUT2D eigenvalue weighted by Crippen LogP contribution is 2.26. The van der Waals surface area contributed by atoms with Gasteiger partial charge in [-0.2, -0.15) is 0 Å². The molecule has 0 spiro atoms. The number of fused-ring (bicyclic) bond motifs is 1. The van der Waals surface area contributed by atoms with Gasteiger partial charge in [0.1, 0.15) is 5.82 Å². The number of hydrogen-bond acceptors (Lipinski definition) is 5. The summed E-state index contributed by atoms with van der Waals surface area (Å²) in [4.78, 5) is 41.8. The number of aromatic amines is 1. The van der Waals surface area contributed by atoms with E-state index in [1.807, 2.05) is 47.5 Å². The smallest absolute Gasteiger partial charge is 0.254 e. The zero-order valence-corrected chi connectivity index (χ0v) is 18.0. The maximum absolute atomic E-state index is 12.8. The summed E-state index contributed by atoms with van der Waals surface area (Å²) in [5.41, 5.74) is 3.82. The summed E-state index contributed by atoms with van der Waals surface area (Å²) in [5.74, 6) is 0.912. The molecule has 1 amide bonds. The minimum atomic E-state index is -0.0277. The van der Waals surface area contributed by atoms with Gasteiger partial charge in [-0.25, -0.2) is 4.98 Å². The molecule has 32 heavy (non-hydrogen) atoms. The zero-order valence-electron chi connectivity index (χ0n) is 18.0. The highest BCUT2D eigenvalue weighted by molar-refractivity contribution is 5.79. The number of likely N-dealkylation sites (tertiary alicyclic amines) is 1. The second kappa shape index (κ2) is 9.04. The van der Waals surface area contributed by atoms with Crippen molar-refractivity contribution < 1.29 is 4.79 Å². The molecule has 0 saturated carbocycles. The molecule has 1 unspecified atom stereocenters. The van der Waals surface area contributed by atoms with E-state index in [-0.39, 0.29) is 17.4 Å². The Morgan fingerprint density at radius 3 is 2.75 bits per heavy atom. The topological polar surface area (TPSA) is 82.2 Å². The number of hydrogen-bond donors (Lipinski definition) is 1. The Balaban J connectivity index is 1.27. The molecule has 2 aromatic heterocycles. The SMILES string of the molecule is O=C(Cc1ccccc1)N1CCC(c2nc3c(c(=O)[nH]2)CCN(Cc2cccnc2)C3)C1.